The van der Waals surface area contributed by atoms with Crippen molar-refractivity contribution in [2.24, 2.45) is 0 Å². The Morgan fingerprint density at radius 1 is 0.857 bits per heavy atom. The van der Waals surface area contributed by atoms with E-state index in [1.54, 1.807) is 6.07 Å². The van der Waals surface area contributed by atoms with E-state index in [0.717, 1.165) is 4.68 Å². The van der Waals surface area contributed by atoms with Gasteiger partial charge in [-0.05, 0) is 24.4 Å². The van der Waals surface area contributed by atoms with E-state index in [1.165, 1.54) is 30.5 Å². The van der Waals surface area contributed by atoms with Crippen LogP contribution in [0.4, 0.5) is 37.8 Å². The van der Waals surface area contributed by atoms with Crippen molar-refractivity contribution in [2.75, 3.05) is 10.6 Å². The highest BCUT2D eigenvalue weighted by Crippen LogP contribution is 2.24. The van der Waals surface area contributed by atoms with Crippen LogP contribution < -0.4 is 10.6 Å². The first-order chi connectivity index (χ1) is 13.3. The zero-order valence-corrected chi connectivity index (χ0v) is 14.6. The van der Waals surface area contributed by atoms with Crippen LogP contribution in [-0.4, -0.2) is 14.9 Å². The van der Waals surface area contributed by atoms with Crippen LogP contribution in [0.2, 0.25) is 0 Å². The summed E-state index contributed by atoms with van der Waals surface area (Å²) in [6.07, 6.45) is 1.24. The van der Waals surface area contributed by atoms with Gasteiger partial charge in [0, 0.05) is 12.3 Å². The van der Waals surface area contributed by atoms with Gasteiger partial charge in [-0.1, -0.05) is 12.1 Å². The van der Waals surface area contributed by atoms with Gasteiger partial charge in [0.25, 0.3) is 0 Å². The van der Waals surface area contributed by atoms with Gasteiger partial charge in [-0.25, -0.2) is 26.3 Å². The number of nitrogens with zero attached hydrogens (tertiary/aromatic N) is 2. The van der Waals surface area contributed by atoms with Crippen LogP contribution in [0.5, 0.6) is 0 Å². The predicted octanol–water partition coefficient (Wildman–Crippen LogP) is 4.57. The number of anilines is 2. The molecule has 28 heavy (non-hydrogen) atoms. The second-order valence-electron chi connectivity index (χ2n) is 5.51. The number of hydrogen-bond acceptors (Lipinski definition) is 2. The molecule has 1 aromatic heterocycles. The maximum Gasteiger partial charge on any atom is 0.200 e. The van der Waals surface area contributed by atoms with E-state index < -0.39 is 47.0 Å². The fraction of sp³-hybridized carbons (Fsp3) is 0.0588. The van der Waals surface area contributed by atoms with Gasteiger partial charge in [0.05, 0.1) is 17.8 Å². The van der Waals surface area contributed by atoms with Crippen LogP contribution in [0.1, 0.15) is 5.56 Å². The molecule has 3 rings (SSSR count). The minimum Gasteiger partial charge on any atom is -0.330 e. The van der Waals surface area contributed by atoms with Crippen LogP contribution in [0.3, 0.4) is 0 Å². The van der Waals surface area contributed by atoms with Crippen molar-refractivity contribution in [3.05, 3.63) is 77.0 Å². The molecule has 0 spiro atoms. The van der Waals surface area contributed by atoms with Crippen molar-refractivity contribution in [1.82, 2.24) is 9.78 Å². The van der Waals surface area contributed by atoms with Gasteiger partial charge < -0.3 is 10.6 Å². The van der Waals surface area contributed by atoms with E-state index in [-0.39, 0.29) is 16.6 Å². The molecule has 2 aromatic carbocycles. The number of halogens is 6. The van der Waals surface area contributed by atoms with Crippen molar-refractivity contribution >= 4 is 28.8 Å². The van der Waals surface area contributed by atoms with Crippen molar-refractivity contribution in [2.45, 2.75) is 6.54 Å². The molecule has 0 unspecified atom stereocenters. The molecule has 4 nitrogen and oxygen atoms in total. The smallest absolute Gasteiger partial charge is 0.200 e. The lowest BCUT2D eigenvalue weighted by molar-refractivity contribution is 0.367. The molecular weight excluding hydrogens is 406 g/mol. The monoisotopic (exact) mass is 416 g/mol. The van der Waals surface area contributed by atoms with Crippen LogP contribution in [-0.2, 0) is 6.54 Å². The molecule has 0 saturated heterocycles. The molecule has 0 radical (unpaired) electrons. The SMILES string of the molecule is Fc1ccccc1NC(=S)Nc1ccn(Cc2c(F)c(F)c(F)c(F)c2F)n1. The van der Waals surface area contributed by atoms with E-state index in [0.29, 0.717) is 0 Å². The first-order valence-electron chi connectivity index (χ1n) is 7.64. The third-order valence-electron chi connectivity index (χ3n) is 3.63. The molecule has 11 heteroatoms. The molecule has 0 saturated carbocycles. The highest BCUT2D eigenvalue weighted by Gasteiger charge is 2.25. The molecule has 0 aliphatic carbocycles. The molecule has 0 bridgehead atoms. The molecule has 1 heterocycles. The summed E-state index contributed by atoms with van der Waals surface area (Å²) in [7, 11) is 0. The standard InChI is InChI=1S/C17H10F6N4S/c18-9-3-1-2-4-10(9)24-17(28)25-11-5-6-27(26-11)7-8-12(19)14(21)16(23)15(22)13(8)20/h1-6H,7H2,(H2,24,25,26,28). The number of hydrogen-bond donors (Lipinski definition) is 2. The third kappa shape index (κ3) is 3.93. The Morgan fingerprint density at radius 2 is 1.46 bits per heavy atom. The molecule has 0 aliphatic heterocycles. The highest BCUT2D eigenvalue weighted by molar-refractivity contribution is 7.80. The Bertz CT molecular complexity index is 1020. The number of aromatic nitrogens is 2. The number of nitrogens with one attached hydrogen (secondary N) is 2. The maximum atomic E-state index is 13.7. The number of thiocarbonyl (C=S) groups is 1. The summed E-state index contributed by atoms with van der Waals surface area (Å²) in [4.78, 5) is 0. The van der Waals surface area contributed by atoms with Gasteiger partial charge in [-0.3, -0.25) is 4.68 Å². The van der Waals surface area contributed by atoms with Crippen molar-refractivity contribution in [3.8, 4) is 0 Å². The molecule has 3 aromatic rings. The molecule has 0 atom stereocenters. The van der Waals surface area contributed by atoms with E-state index in [1.807, 2.05) is 0 Å². The van der Waals surface area contributed by atoms with Crippen molar-refractivity contribution in [1.29, 1.82) is 0 Å². The van der Waals surface area contributed by atoms with Crippen LogP contribution >= 0.6 is 12.2 Å². The zero-order valence-electron chi connectivity index (χ0n) is 13.7. The average molecular weight is 416 g/mol. The number of para-hydroxylation sites is 1. The quantitative estimate of drug-likeness (QED) is 0.283. The number of rotatable bonds is 4. The average Bonchev–Trinajstić information content (AvgIpc) is 3.10. The molecule has 146 valence electrons. The van der Waals surface area contributed by atoms with Gasteiger partial charge in [0.2, 0.25) is 5.82 Å². The Morgan fingerprint density at radius 3 is 2.11 bits per heavy atom. The normalized spacial score (nSPS) is 10.8. The summed E-state index contributed by atoms with van der Waals surface area (Å²) >= 11 is 5.01. The fourth-order valence-electron chi connectivity index (χ4n) is 2.30. The predicted molar refractivity (Wildman–Crippen MR) is 93.8 cm³/mol. The van der Waals surface area contributed by atoms with Crippen LogP contribution in [0.25, 0.3) is 0 Å². The number of benzene rings is 2. The van der Waals surface area contributed by atoms with Crippen LogP contribution in [0, 0.1) is 34.9 Å². The lowest BCUT2D eigenvalue weighted by atomic mass is 10.1. The first-order valence-corrected chi connectivity index (χ1v) is 8.05. The Kier molecular flexibility index (Phi) is 5.54. The summed E-state index contributed by atoms with van der Waals surface area (Å²) in [6, 6.07) is 7.11. The van der Waals surface area contributed by atoms with Gasteiger partial charge in [-0.15, -0.1) is 0 Å². The van der Waals surface area contributed by atoms with E-state index in [4.69, 9.17) is 12.2 Å². The summed E-state index contributed by atoms with van der Waals surface area (Å²) < 4.78 is 81.6. The minimum atomic E-state index is -2.23. The molecule has 0 fully saturated rings. The summed E-state index contributed by atoms with van der Waals surface area (Å²) in [5, 5.41) is 9.07. The first kappa shape index (κ1) is 19.7. The lowest BCUT2D eigenvalue weighted by Crippen LogP contribution is -2.20. The van der Waals surface area contributed by atoms with Crippen molar-refractivity contribution < 1.29 is 26.3 Å². The topological polar surface area (TPSA) is 41.9 Å². The molecule has 0 amide bonds. The molecule has 2 N–H and O–H groups in total. The highest BCUT2D eigenvalue weighted by atomic mass is 32.1. The second kappa shape index (κ2) is 7.89. The lowest BCUT2D eigenvalue weighted by Gasteiger charge is -2.10. The van der Waals surface area contributed by atoms with Gasteiger partial charge in [0.1, 0.15) is 5.82 Å². The summed E-state index contributed by atoms with van der Waals surface area (Å²) in [5.74, 6) is -10.6. The zero-order chi connectivity index (χ0) is 20.4. The Hall–Kier alpha value is -3.08. The minimum absolute atomic E-state index is 0.0217. The largest absolute Gasteiger partial charge is 0.330 e. The summed E-state index contributed by atoms with van der Waals surface area (Å²) in [6.45, 7) is -0.707. The molecular formula is C17H10F6N4S. The van der Waals surface area contributed by atoms with Gasteiger partial charge in [-0.2, -0.15) is 5.10 Å². The van der Waals surface area contributed by atoms with E-state index in [2.05, 4.69) is 15.7 Å². The maximum absolute atomic E-state index is 13.7. The third-order valence-corrected chi connectivity index (χ3v) is 3.83. The van der Waals surface area contributed by atoms with E-state index in [9.17, 15) is 26.3 Å². The Balaban J connectivity index is 1.73. The van der Waals surface area contributed by atoms with Gasteiger partial charge >= 0.3 is 0 Å². The fourth-order valence-corrected chi connectivity index (χ4v) is 2.51. The second-order valence-corrected chi connectivity index (χ2v) is 5.91. The molecule has 0 aliphatic rings. The van der Waals surface area contributed by atoms with E-state index >= 15 is 0 Å². The summed E-state index contributed by atoms with van der Waals surface area (Å²) in [5.41, 5.74) is -0.918. The van der Waals surface area contributed by atoms with Crippen molar-refractivity contribution in [3.63, 3.8) is 0 Å². The van der Waals surface area contributed by atoms with Gasteiger partial charge in [0.15, 0.2) is 34.2 Å². The Labute approximate surface area is 159 Å². The van der Waals surface area contributed by atoms with Crippen LogP contribution in [0.15, 0.2) is 36.5 Å².